The average Bonchev–Trinajstić information content (AvgIpc) is 0.824. The van der Waals surface area contributed by atoms with Crippen LogP contribution in [0.1, 0.15) is 107 Å². The number of benzene rings is 4. The molecule has 4 aromatic carbocycles. The number of halogens is 5. The number of pyridine rings is 4. The van der Waals surface area contributed by atoms with Crippen molar-refractivity contribution in [3.05, 3.63) is 203 Å². The molecule has 4 aliphatic rings. The number of hydrogen-bond acceptors (Lipinski definition) is 18. The van der Waals surface area contributed by atoms with Gasteiger partial charge in [0.25, 0.3) is 0 Å². The van der Waals surface area contributed by atoms with Crippen molar-refractivity contribution in [1.82, 2.24) is 39.5 Å². The third-order valence-electron chi connectivity index (χ3n) is 22.2. The van der Waals surface area contributed by atoms with Crippen LogP contribution in [-0.4, -0.2) is 227 Å². The van der Waals surface area contributed by atoms with E-state index in [0.717, 1.165) is 56.9 Å². The van der Waals surface area contributed by atoms with E-state index in [1.807, 2.05) is 107 Å². The highest BCUT2D eigenvalue weighted by atomic mass is 19.1. The summed E-state index contributed by atoms with van der Waals surface area (Å²) in [6.07, 6.45) is 9.92. The predicted molar refractivity (Wildman–Crippen MR) is 461 cm³/mol. The first-order valence-corrected chi connectivity index (χ1v) is 41.2. The molecule has 0 aliphatic carbocycles. The minimum absolute atomic E-state index is 0.0478. The zero-order valence-electron chi connectivity index (χ0n) is 71.0. The first-order chi connectivity index (χ1) is 58.1. The van der Waals surface area contributed by atoms with Gasteiger partial charge in [0.05, 0.1) is 24.2 Å². The van der Waals surface area contributed by atoms with Crippen molar-refractivity contribution in [3.8, 4) is 5.88 Å². The maximum atomic E-state index is 14.6. The van der Waals surface area contributed by atoms with Crippen LogP contribution in [0.4, 0.5) is 73.3 Å². The van der Waals surface area contributed by atoms with Crippen molar-refractivity contribution >= 4 is 98.6 Å². The van der Waals surface area contributed by atoms with Crippen LogP contribution in [-0.2, 0) is 64.0 Å². The lowest BCUT2D eigenvalue weighted by Gasteiger charge is -2.36. The van der Waals surface area contributed by atoms with E-state index in [9.17, 15) is 60.3 Å². The largest absolute Gasteiger partial charge is 0.481 e. The summed E-state index contributed by atoms with van der Waals surface area (Å²) in [5, 5.41) is 0. The number of hydrogen-bond donors (Lipinski definition) is 1. The zero-order valence-corrected chi connectivity index (χ0v) is 71.0. The molecule has 0 bridgehead atoms. The molecule has 0 saturated carbocycles. The fraction of sp³-hybridized carbons (Fsp3) is 0.422. The second-order valence-corrected chi connectivity index (χ2v) is 29.7. The standard InChI is InChI=1S/C23H29FN4O3.C23H29FN4O2.C22H26F2N4O2.C22H28FN5O2/c1-4-21(29)26(2)20-9-8-18(16-19(20)24)27-12-14-28(15-13-27)22(30)10-7-17-6-5-11-25-23(17)31-3;1-4-22(29)26(3)21-9-8-19(16-20(21)24)27-12-14-28(15-13-27)23(30)10-7-18-6-5-11-25-17(18)2;1-3-20(29)26(2)17-6-8-18(9-7-17)27-12-14-28(15-13-27)21(30)11-5-16-4-10-19(23)25-22(16)24;1-3-20(29)26(2)19-8-7-17(15-18(19)23)27-11-13-28(14-12-27)21(30)9-6-16-5-4-10-25-22(16)24/h5-6,8-9,11,16H,4,7,10,12-15H2,1-3H3;5-6,8-9,11,16H,4,7,10,12-15H2,1-3H3;4,6-10H,3,5,11-15H2,1-2H3;4-5,7-8,10,15H,3,6,9,11-14H2,1-2H3,(H2,24,25). The van der Waals surface area contributed by atoms with Gasteiger partial charge in [-0.15, -0.1) is 0 Å². The molecule has 8 heterocycles. The number of nitrogens with zero attached hydrogens (tertiary/aromatic N) is 16. The van der Waals surface area contributed by atoms with E-state index in [2.05, 4.69) is 39.5 Å². The van der Waals surface area contributed by atoms with Gasteiger partial charge in [-0.1, -0.05) is 45.9 Å². The van der Waals surface area contributed by atoms with Gasteiger partial charge in [-0.3, -0.25) is 43.3 Å². The Balaban J connectivity index is 0.000000183. The van der Waals surface area contributed by atoms with Gasteiger partial charge in [0, 0.05) is 248 Å². The highest BCUT2D eigenvalue weighted by Crippen LogP contribution is 2.31. The van der Waals surface area contributed by atoms with E-state index in [4.69, 9.17) is 10.5 Å². The Morgan fingerprint density at radius 3 is 1.06 bits per heavy atom. The van der Waals surface area contributed by atoms with Crippen LogP contribution in [0.5, 0.6) is 5.88 Å². The molecule has 4 fully saturated rings. The molecular weight excluding hydrogens is 1560 g/mol. The Morgan fingerprint density at radius 2 is 0.702 bits per heavy atom. The van der Waals surface area contributed by atoms with Crippen molar-refractivity contribution in [2.75, 3.05) is 185 Å². The highest BCUT2D eigenvalue weighted by molar-refractivity contribution is 5.95. The summed E-state index contributed by atoms with van der Waals surface area (Å²) in [5.41, 5.74) is 14.9. The summed E-state index contributed by atoms with van der Waals surface area (Å²) in [5.74, 6) is -2.05. The number of aromatic nitrogens is 4. The Kier molecular flexibility index (Phi) is 34.6. The summed E-state index contributed by atoms with van der Waals surface area (Å²) in [6.45, 7) is 19.0. The lowest BCUT2D eigenvalue weighted by molar-refractivity contribution is -0.132. The van der Waals surface area contributed by atoms with Crippen LogP contribution in [0, 0.1) is 36.3 Å². The minimum atomic E-state index is -0.865. The first-order valence-electron chi connectivity index (χ1n) is 41.2. The third-order valence-corrected chi connectivity index (χ3v) is 22.2. The number of methoxy groups -OCH3 is 1. The van der Waals surface area contributed by atoms with Crippen molar-refractivity contribution in [3.63, 3.8) is 0 Å². The average molecular weight is 1670 g/mol. The van der Waals surface area contributed by atoms with Crippen LogP contribution in [0.25, 0.3) is 0 Å². The smallest absolute Gasteiger partial charge is 0.226 e. The summed E-state index contributed by atoms with van der Waals surface area (Å²) < 4.78 is 75.4. The SMILES string of the molecule is CCC(=O)N(C)c1ccc(N2CCN(C(=O)CCc3ccc(F)nc3F)CC2)cc1.CCC(=O)N(C)c1ccc(N2CCN(C(=O)CCc3cccnc3C)CC2)cc1F.CCC(=O)N(C)c1ccc(N2CCN(C(=O)CCc3cccnc3N)CC2)cc1F.CCC(=O)N(C)c1ccc(N2CCN(C(=O)CCc3cccnc3OC)CC2)cc1F. The number of nitrogen functional groups attached to an aromatic ring is 1. The van der Waals surface area contributed by atoms with Crippen LogP contribution >= 0.6 is 0 Å². The van der Waals surface area contributed by atoms with Crippen molar-refractivity contribution in [1.29, 1.82) is 0 Å². The second kappa shape index (κ2) is 45.2. The Morgan fingerprint density at radius 1 is 0.380 bits per heavy atom. The van der Waals surface area contributed by atoms with E-state index < -0.39 is 29.3 Å². The normalized spacial score (nSPS) is 13.9. The van der Waals surface area contributed by atoms with E-state index in [1.54, 1.807) is 103 Å². The molecule has 0 atom stereocenters. The number of carbonyl (C=O) groups is 8. The van der Waals surface area contributed by atoms with Crippen LogP contribution in [0.15, 0.2) is 146 Å². The van der Waals surface area contributed by atoms with Crippen molar-refractivity contribution < 1.29 is 65.0 Å². The molecule has 2 N–H and O–H groups in total. The number of piperazine rings is 4. The molecule has 4 saturated heterocycles. The topological polar surface area (TPSA) is 262 Å². The monoisotopic (exact) mass is 1670 g/mol. The maximum absolute atomic E-state index is 14.6. The Labute approximate surface area is 705 Å². The highest BCUT2D eigenvalue weighted by Gasteiger charge is 2.29. The molecule has 8 amide bonds. The predicted octanol–water partition coefficient (Wildman–Crippen LogP) is 11.5. The molecule has 4 aliphatic heterocycles. The lowest BCUT2D eigenvalue weighted by atomic mass is 10.1. The number of anilines is 9. The van der Waals surface area contributed by atoms with Gasteiger partial charge in [-0.2, -0.15) is 13.8 Å². The van der Waals surface area contributed by atoms with Crippen molar-refractivity contribution in [2.24, 2.45) is 0 Å². The maximum Gasteiger partial charge on any atom is 0.226 e. The molecular formula is C90H112F5N17O9. The number of rotatable bonds is 25. The van der Waals surface area contributed by atoms with Crippen LogP contribution < -0.4 is 49.7 Å². The molecule has 0 unspecified atom stereocenters. The van der Waals surface area contributed by atoms with E-state index in [1.165, 1.54) is 39.0 Å². The van der Waals surface area contributed by atoms with Gasteiger partial charge in [-0.05, 0) is 153 Å². The fourth-order valence-corrected chi connectivity index (χ4v) is 14.6. The van der Waals surface area contributed by atoms with Crippen molar-refractivity contribution in [2.45, 2.75) is 112 Å². The third kappa shape index (κ3) is 25.6. The molecule has 121 heavy (non-hydrogen) atoms. The number of carbonyl (C=O) groups excluding carboxylic acids is 8. The van der Waals surface area contributed by atoms with Gasteiger partial charge < -0.3 is 69.3 Å². The summed E-state index contributed by atoms with van der Waals surface area (Å²) in [4.78, 5) is 134. The molecule has 646 valence electrons. The van der Waals surface area contributed by atoms with E-state index >= 15 is 0 Å². The Bertz CT molecular complexity index is 4700. The molecule has 4 aromatic heterocycles. The molecule has 26 nitrogen and oxygen atoms in total. The van der Waals surface area contributed by atoms with Gasteiger partial charge in [0.1, 0.15) is 23.3 Å². The van der Waals surface area contributed by atoms with Gasteiger partial charge in [-0.25, -0.2) is 23.1 Å². The number of nitrogens with two attached hydrogens (primary N) is 1. The Hall–Kier alpha value is -12.3. The molecule has 0 spiro atoms. The minimum Gasteiger partial charge on any atom is -0.481 e. The summed E-state index contributed by atoms with van der Waals surface area (Å²) in [7, 11) is 8.07. The molecule has 8 aromatic rings. The molecule has 12 rings (SSSR count). The summed E-state index contributed by atoms with van der Waals surface area (Å²) >= 11 is 0. The van der Waals surface area contributed by atoms with E-state index in [-0.39, 0.29) is 82.7 Å². The van der Waals surface area contributed by atoms with Crippen LogP contribution in [0.3, 0.4) is 0 Å². The van der Waals surface area contributed by atoms with E-state index in [0.29, 0.717) is 181 Å². The second-order valence-electron chi connectivity index (χ2n) is 29.7. The first kappa shape index (κ1) is 92.6. The zero-order chi connectivity index (χ0) is 87.4. The van der Waals surface area contributed by atoms with Crippen LogP contribution in [0.2, 0.25) is 0 Å². The number of amides is 8. The lowest BCUT2D eigenvalue weighted by Crippen LogP contribution is -2.48. The summed E-state index contributed by atoms with van der Waals surface area (Å²) in [6, 6.07) is 36.4. The molecule has 0 radical (unpaired) electrons. The number of aryl methyl sites for hydroxylation is 5. The fourth-order valence-electron chi connectivity index (χ4n) is 14.6. The van der Waals surface area contributed by atoms with Gasteiger partial charge >= 0.3 is 0 Å². The quantitative estimate of drug-likeness (QED) is 0.0412. The molecule has 31 heteroatoms. The van der Waals surface area contributed by atoms with Gasteiger partial charge in [0.15, 0.2) is 0 Å². The number of ether oxygens (including phenoxy) is 1. The van der Waals surface area contributed by atoms with Gasteiger partial charge in [0.2, 0.25) is 65.0 Å².